The number of hydrogen-bond acceptors (Lipinski definition) is 6. The summed E-state index contributed by atoms with van der Waals surface area (Å²) in [6, 6.07) is 9.44. The number of carbonyl (C=O) groups is 1. The van der Waals surface area contributed by atoms with Crippen LogP contribution in [-0.2, 0) is 11.2 Å². The van der Waals surface area contributed by atoms with Gasteiger partial charge < -0.3 is 9.80 Å². The van der Waals surface area contributed by atoms with Gasteiger partial charge in [0.05, 0.1) is 31.6 Å². The van der Waals surface area contributed by atoms with E-state index in [1.165, 1.54) is 16.7 Å². The zero-order chi connectivity index (χ0) is 32.6. The van der Waals surface area contributed by atoms with Gasteiger partial charge in [-0.05, 0) is 48.6 Å². The summed E-state index contributed by atoms with van der Waals surface area (Å²) in [5.74, 6) is -0.0432. The lowest BCUT2D eigenvalue weighted by Crippen LogP contribution is -2.54. The van der Waals surface area contributed by atoms with Crippen molar-refractivity contribution in [1.29, 1.82) is 0 Å². The molecule has 1 amide bonds. The van der Waals surface area contributed by atoms with Gasteiger partial charge in [0, 0.05) is 37.4 Å². The number of hydrogen-bond donors (Lipinski definition) is 0. The summed E-state index contributed by atoms with van der Waals surface area (Å²) in [5, 5.41) is 0.729. The molecule has 9 heteroatoms. The molecule has 1 aromatic carbocycles. The fourth-order valence-corrected chi connectivity index (χ4v) is 5.73. The third-order valence-corrected chi connectivity index (χ3v) is 7.86. The Hall–Kier alpha value is -4.30. The predicted molar refractivity (Wildman–Crippen MR) is 171 cm³/mol. The molecular weight excluding hydrogens is 548 g/mol. The highest BCUT2D eigenvalue weighted by molar-refractivity contribution is 6.34. The van der Waals surface area contributed by atoms with E-state index in [1.807, 2.05) is 32.9 Å². The van der Waals surface area contributed by atoms with Gasteiger partial charge in [-0.25, -0.2) is 14.3 Å². The molecule has 1 aliphatic rings. The number of aryl methyl sites for hydroxylation is 1. The molecule has 0 saturated carbocycles. The first kappa shape index (κ1) is 25.4. The Balaban J connectivity index is 1.87. The van der Waals surface area contributed by atoms with Gasteiger partial charge in [0.2, 0.25) is 5.91 Å². The van der Waals surface area contributed by atoms with Crippen LogP contribution in [-0.4, -0.2) is 56.0 Å². The summed E-state index contributed by atoms with van der Waals surface area (Å²) in [7, 11) is 0. The number of amides is 1. The van der Waals surface area contributed by atoms with Crippen LogP contribution < -0.4 is 10.6 Å². The monoisotopic (exact) mass is 585 g/mol. The Morgan fingerprint density at radius 2 is 2.05 bits per heavy atom. The summed E-state index contributed by atoms with van der Waals surface area (Å²) in [4.78, 5) is 44.2. The Bertz CT molecular complexity index is 1900. The van der Waals surface area contributed by atoms with E-state index in [1.54, 1.807) is 47.2 Å². The Morgan fingerprint density at radius 3 is 2.74 bits per heavy atom. The number of halogens is 1. The van der Waals surface area contributed by atoms with Crippen molar-refractivity contribution < 1.29 is 8.91 Å². The van der Waals surface area contributed by atoms with Crippen LogP contribution in [0.5, 0.6) is 0 Å². The molecule has 0 N–H and O–H groups in total. The van der Waals surface area contributed by atoms with E-state index in [0.717, 1.165) is 5.56 Å². The van der Waals surface area contributed by atoms with E-state index in [4.69, 9.17) is 19.3 Å². The molecule has 8 nitrogen and oxygen atoms in total. The first-order valence-electron chi connectivity index (χ1n) is 15.4. The lowest BCUT2D eigenvalue weighted by atomic mass is 10.0. The van der Waals surface area contributed by atoms with Crippen LogP contribution in [0.2, 0.25) is 5.02 Å². The quantitative estimate of drug-likeness (QED) is 0.246. The van der Waals surface area contributed by atoms with E-state index in [2.05, 4.69) is 16.5 Å². The maximum absolute atomic E-state index is 14.2. The topological polar surface area (TPSA) is 84.2 Å². The van der Waals surface area contributed by atoms with Crippen molar-refractivity contribution in [1.82, 2.24) is 24.4 Å². The van der Waals surface area contributed by atoms with Crippen LogP contribution in [0.15, 0.2) is 66.6 Å². The highest BCUT2D eigenvalue weighted by Crippen LogP contribution is 2.36. The Labute approximate surface area is 255 Å². The van der Waals surface area contributed by atoms with Gasteiger partial charge in [0.15, 0.2) is 5.65 Å². The van der Waals surface area contributed by atoms with E-state index >= 15 is 0 Å². The van der Waals surface area contributed by atoms with Gasteiger partial charge in [0.1, 0.15) is 5.82 Å². The zero-order valence-electron chi connectivity index (χ0n) is 27.2. The normalized spacial score (nSPS) is 18.0. The number of carbonyl (C=O) groups excluding carboxylic acids is 1. The fourth-order valence-electron chi connectivity index (χ4n) is 5.47. The predicted octanol–water partition coefficient (Wildman–Crippen LogP) is 6.05. The Morgan fingerprint density at radius 1 is 1.26 bits per heavy atom. The molecular formula is C33H35ClN6O2. The van der Waals surface area contributed by atoms with E-state index < -0.39 is 11.7 Å². The average molecular weight is 586 g/mol. The maximum atomic E-state index is 14.2. The first-order valence-corrected chi connectivity index (χ1v) is 14.3. The zero-order valence-corrected chi connectivity index (χ0v) is 24.9. The minimum atomic E-state index is -1.33. The van der Waals surface area contributed by atoms with Gasteiger partial charge >= 0.3 is 5.69 Å². The van der Waals surface area contributed by atoms with Crippen LogP contribution in [0, 0.1) is 0 Å². The number of anilines is 1. The smallest absolute Gasteiger partial charge is 0.350 e. The number of benzene rings is 1. The Kier molecular flexibility index (Phi) is 7.20. The number of fused-ring (bicyclic) bond motifs is 1. The number of aromatic nitrogens is 4. The van der Waals surface area contributed by atoms with Crippen molar-refractivity contribution >= 4 is 40.4 Å². The van der Waals surface area contributed by atoms with Crippen LogP contribution >= 0.6 is 11.6 Å². The fraction of sp³-hybridized carbons (Fsp3) is 0.303. The molecule has 5 rings (SSSR count). The third-order valence-electron chi connectivity index (χ3n) is 7.58. The van der Waals surface area contributed by atoms with Crippen molar-refractivity contribution in [2.45, 2.75) is 46.1 Å². The molecule has 216 valence electrons. The molecule has 1 fully saturated rings. The first-order chi connectivity index (χ1) is 21.4. The SMILES string of the molecule is [2H]C([2H])=Cc1ccccc1-c1nc2c(cc1Cl)c(N1CCN(C(=O)C=C)C[C@]1([2H])C)nc(=O)n2-c1c(CC)ccnc1C(C)C. The minimum absolute atomic E-state index is 0.0229. The maximum Gasteiger partial charge on any atom is 0.355 e. The van der Waals surface area contributed by atoms with Crippen LogP contribution in [0.4, 0.5) is 5.82 Å². The van der Waals surface area contributed by atoms with E-state index in [9.17, 15) is 11.0 Å². The highest BCUT2D eigenvalue weighted by atomic mass is 35.5. The third kappa shape index (κ3) is 5.11. The molecule has 0 radical (unpaired) electrons. The molecule has 0 spiro atoms. The van der Waals surface area contributed by atoms with Crippen molar-refractivity contribution in [3.05, 3.63) is 94.1 Å². The lowest BCUT2D eigenvalue weighted by molar-refractivity contribution is -0.126. The second-order valence-electron chi connectivity index (χ2n) is 10.5. The molecule has 0 bridgehead atoms. The lowest BCUT2D eigenvalue weighted by Gasteiger charge is -2.40. The summed E-state index contributed by atoms with van der Waals surface area (Å²) >= 11 is 6.96. The van der Waals surface area contributed by atoms with Gasteiger partial charge in [-0.1, -0.05) is 75.8 Å². The molecule has 1 saturated heterocycles. The van der Waals surface area contributed by atoms with Crippen molar-refractivity contribution in [3.8, 4) is 16.9 Å². The summed E-state index contributed by atoms with van der Waals surface area (Å²) in [5.41, 5.74) is 3.44. The highest BCUT2D eigenvalue weighted by Gasteiger charge is 2.30. The number of piperazine rings is 1. The van der Waals surface area contributed by atoms with E-state index in [-0.39, 0.29) is 47.9 Å². The molecule has 42 heavy (non-hydrogen) atoms. The number of nitrogens with zero attached hydrogens (tertiary/aromatic N) is 6. The van der Waals surface area contributed by atoms with Crippen LogP contribution in [0.25, 0.3) is 34.1 Å². The molecule has 1 aliphatic heterocycles. The summed E-state index contributed by atoms with van der Waals surface area (Å²) in [6.45, 7) is 11.5. The average Bonchev–Trinajstić information content (AvgIpc) is 2.99. The molecule has 1 atom stereocenters. The largest absolute Gasteiger partial charge is 0.355 e. The number of pyridine rings is 2. The van der Waals surface area contributed by atoms with Gasteiger partial charge in [-0.2, -0.15) is 4.98 Å². The van der Waals surface area contributed by atoms with Crippen LogP contribution in [0.3, 0.4) is 0 Å². The van der Waals surface area contributed by atoms with Crippen molar-refractivity contribution in [2.75, 3.05) is 24.5 Å². The number of rotatable bonds is 7. The second-order valence-corrected chi connectivity index (χ2v) is 10.9. The molecule has 0 unspecified atom stereocenters. The molecule has 0 aliphatic carbocycles. The second kappa shape index (κ2) is 11.9. The van der Waals surface area contributed by atoms with Crippen molar-refractivity contribution in [3.63, 3.8) is 0 Å². The molecule has 3 aromatic heterocycles. The minimum Gasteiger partial charge on any atom is -0.350 e. The molecule has 4 heterocycles. The summed E-state index contributed by atoms with van der Waals surface area (Å²) in [6.07, 6.45) is 5.00. The van der Waals surface area contributed by atoms with Gasteiger partial charge in [-0.15, -0.1) is 0 Å². The molecule has 4 aromatic rings. The van der Waals surface area contributed by atoms with Gasteiger partial charge in [-0.3, -0.25) is 9.78 Å². The van der Waals surface area contributed by atoms with E-state index in [0.29, 0.717) is 46.6 Å². The van der Waals surface area contributed by atoms with Crippen LogP contribution in [0.1, 0.15) is 54.5 Å². The summed E-state index contributed by atoms with van der Waals surface area (Å²) < 4.78 is 26.2. The standard InChI is InChI=1S/C33H35ClN6O2/c1-7-22-12-10-11-13-24(22)29-26(34)18-25-31(39-17-16-38(19-21(39)6)27(41)9-3)37-33(42)40(32(25)36-29)30-23(8-2)14-15-35-28(30)20(4)5/h7,9-15,18,20-21H,1,3,8,16-17,19H2,2,4-6H3/t21-/m0/s1/i1D2,21D. The van der Waals surface area contributed by atoms with Crippen molar-refractivity contribution in [2.24, 2.45) is 0 Å². The van der Waals surface area contributed by atoms with Gasteiger partial charge in [0.25, 0.3) is 0 Å².